The molecule has 1 N–H and O–H groups in total. The standard InChI is InChI=1S/C22H22N2O2/c1-25-20-13-17-10-12-24-22(19-9-5-6-11-23-19)18(17)14-21(20)26-15-16-7-3-2-4-8-16/h2-9,11,13-14,22,24H,10,12,15H2,1H3. The zero-order chi connectivity index (χ0) is 17.8. The molecular formula is C22H22N2O2. The summed E-state index contributed by atoms with van der Waals surface area (Å²) in [6.45, 7) is 1.43. The first kappa shape index (κ1) is 16.6. The van der Waals surface area contributed by atoms with Gasteiger partial charge in [-0.15, -0.1) is 0 Å². The molecule has 1 atom stereocenters. The average Bonchev–Trinajstić information content (AvgIpc) is 2.72. The normalized spacial score (nSPS) is 16.0. The Hall–Kier alpha value is -2.85. The fourth-order valence-corrected chi connectivity index (χ4v) is 3.38. The number of fused-ring (bicyclic) bond motifs is 1. The summed E-state index contributed by atoms with van der Waals surface area (Å²) in [5, 5.41) is 3.57. The number of nitrogens with zero attached hydrogens (tertiary/aromatic N) is 1. The Kier molecular flexibility index (Phi) is 4.84. The Labute approximate surface area is 153 Å². The number of aromatic nitrogens is 1. The molecule has 3 aromatic rings. The minimum absolute atomic E-state index is 0.0740. The summed E-state index contributed by atoms with van der Waals surface area (Å²) in [4.78, 5) is 4.53. The molecule has 0 saturated carbocycles. The van der Waals surface area contributed by atoms with Crippen LogP contribution in [-0.4, -0.2) is 18.6 Å². The molecular weight excluding hydrogens is 324 g/mol. The molecule has 0 spiro atoms. The topological polar surface area (TPSA) is 43.4 Å². The molecule has 4 heteroatoms. The van der Waals surface area contributed by atoms with E-state index in [9.17, 15) is 0 Å². The zero-order valence-electron chi connectivity index (χ0n) is 14.8. The van der Waals surface area contributed by atoms with Gasteiger partial charge in [-0.1, -0.05) is 36.4 Å². The van der Waals surface area contributed by atoms with Crippen molar-refractivity contribution in [1.29, 1.82) is 0 Å². The number of hydrogen-bond donors (Lipinski definition) is 1. The summed E-state index contributed by atoms with van der Waals surface area (Å²) in [6, 6.07) is 20.5. The van der Waals surface area contributed by atoms with Crippen molar-refractivity contribution < 1.29 is 9.47 Å². The Morgan fingerprint density at radius 2 is 1.88 bits per heavy atom. The fraction of sp³-hybridized carbons (Fsp3) is 0.227. The van der Waals surface area contributed by atoms with Gasteiger partial charge in [-0.2, -0.15) is 0 Å². The van der Waals surface area contributed by atoms with Gasteiger partial charge in [-0.3, -0.25) is 4.98 Å². The molecule has 2 aromatic carbocycles. The quantitative estimate of drug-likeness (QED) is 0.761. The molecule has 0 fully saturated rings. The summed E-state index contributed by atoms with van der Waals surface area (Å²) in [5.41, 5.74) is 4.64. The molecule has 1 aliphatic rings. The number of methoxy groups -OCH3 is 1. The lowest BCUT2D eigenvalue weighted by atomic mass is 9.91. The monoisotopic (exact) mass is 346 g/mol. The van der Waals surface area contributed by atoms with Crippen LogP contribution in [0.4, 0.5) is 0 Å². The maximum atomic E-state index is 6.09. The number of benzene rings is 2. The summed E-state index contributed by atoms with van der Waals surface area (Å²) < 4.78 is 11.7. The Morgan fingerprint density at radius 3 is 2.65 bits per heavy atom. The lowest BCUT2D eigenvalue weighted by Gasteiger charge is -2.28. The van der Waals surface area contributed by atoms with Crippen molar-refractivity contribution in [2.24, 2.45) is 0 Å². The lowest BCUT2D eigenvalue weighted by Crippen LogP contribution is -2.31. The molecule has 2 heterocycles. The molecule has 26 heavy (non-hydrogen) atoms. The summed E-state index contributed by atoms with van der Waals surface area (Å²) in [5.74, 6) is 1.54. The van der Waals surface area contributed by atoms with E-state index in [0.29, 0.717) is 6.61 Å². The maximum Gasteiger partial charge on any atom is 0.162 e. The number of pyridine rings is 1. The predicted molar refractivity (Wildman–Crippen MR) is 102 cm³/mol. The highest BCUT2D eigenvalue weighted by molar-refractivity contribution is 5.51. The van der Waals surface area contributed by atoms with Gasteiger partial charge >= 0.3 is 0 Å². The summed E-state index contributed by atoms with van der Waals surface area (Å²) in [7, 11) is 1.69. The van der Waals surface area contributed by atoms with E-state index in [0.717, 1.165) is 35.7 Å². The molecule has 1 aliphatic heterocycles. The number of ether oxygens (including phenoxy) is 2. The van der Waals surface area contributed by atoms with Crippen LogP contribution in [-0.2, 0) is 13.0 Å². The van der Waals surface area contributed by atoms with E-state index in [-0.39, 0.29) is 6.04 Å². The molecule has 1 aromatic heterocycles. The molecule has 4 rings (SSSR count). The van der Waals surface area contributed by atoms with Crippen molar-refractivity contribution in [2.45, 2.75) is 19.1 Å². The summed E-state index contributed by atoms with van der Waals surface area (Å²) >= 11 is 0. The molecule has 0 radical (unpaired) electrons. The second-order valence-corrected chi connectivity index (χ2v) is 6.37. The second kappa shape index (κ2) is 7.58. The van der Waals surface area contributed by atoms with Crippen LogP contribution in [0.3, 0.4) is 0 Å². The van der Waals surface area contributed by atoms with Gasteiger partial charge in [0.2, 0.25) is 0 Å². The van der Waals surface area contributed by atoms with Crippen LogP contribution in [0.5, 0.6) is 11.5 Å². The number of rotatable bonds is 5. The van der Waals surface area contributed by atoms with Crippen molar-refractivity contribution in [3.63, 3.8) is 0 Å². The third kappa shape index (κ3) is 3.41. The molecule has 1 unspecified atom stereocenters. The highest BCUT2D eigenvalue weighted by Crippen LogP contribution is 2.37. The van der Waals surface area contributed by atoms with E-state index in [1.165, 1.54) is 11.1 Å². The van der Waals surface area contributed by atoms with E-state index in [1.54, 1.807) is 7.11 Å². The van der Waals surface area contributed by atoms with Crippen LogP contribution in [0, 0.1) is 0 Å². The molecule has 0 amide bonds. The minimum atomic E-state index is 0.0740. The number of nitrogens with one attached hydrogen (secondary N) is 1. The largest absolute Gasteiger partial charge is 0.493 e. The predicted octanol–water partition coefficient (Wildman–Crippen LogP) is 3.90. The maximum absolute atomic E-state index is 6.09. The van der Waals surface area contributed by atoms with Gasteiger partial charge in [0.25, 0.3) is 0 Å². The SMILES string of the molecule is COc1cc2c(cc1OCc1ccccc1)C(c1ccccn1)NCC2. The Morgan fingerprint density at radius 1 is 1.04 bits per heavy atom. The summed E-state index contributed by atoms with van der Waals surface area (Å²) in [6.07, 6.45) is 2.80. The van der Waals surface area contributed by atoms with Gasteiger partial charge in [0.15, 0.2) is 11.5 Å². The minimum Gasteiger partial charge on any atom is -0.493 e. The van der Waals surface area contributed by atoms with Crippen LogP contribution < -0.4 is 14.8 Å². The van der Waals surface area contributed by atoms with Crippen molar-refractivity contribution in [1.82, 2.24) is 10.3 Å². The van der Waals surface area contributed by atoms with E-state index < -0.39 is 0 Å². The van der Waals surface area contributed by atoms with Gasteiger partial charge in [0.05, 0.1) is 18.8 Å². The second-order valence-electron chi connectivity index (χ2n) is 6.37. The molecule has 132 valence electrons. The third-order valence-electron chi connectivity index (χ3n) is 4.70. The van der Waals surface area contributed by atoms with Crippen LogP contribution in [0.2, 0.25) is 0 Å². The van der Waals surface area contributed by atoms with Crippen LogP contribution in [0.25, 0.3) is 0 Å². The lowest BCUT2D eigenvalue weighted by molar-refractivity contribution is 0.283. The highest BCUT2D eigenvalue weighted by atomic mass is 16.5. The van der Waals surface area contributed by atoms with E-state index in [2.05, 4.69) is 40.6 Å². The first-order chi connectivity index (χ1) is 12.8. The number of hydrogen-bond acceptors (Lipinski definition) is 4. The zero-order valence-corrected chi connectivity index (χ0v) is 14.8. The Bertz CT molecular complexity index is 866. The van der Waals surface area contributed by atoms with E-state index >= 15 is 0 Å². The Balaban J connectivity index is 1.67. The van der Waals surface area contributed by atoms with Gasteiger partial charge < -0.3 is 14.8 Å². The van der Waals surface area contributed by atoms with Crippen LogP contribution in [0.15, 0.2) is 66.9 Å². The van der Waals surface area contributed by atoms with Gasteiger partial charge in [-0.25, -0.2) is 0 Å². The average molecular weight is 346 g/mol. The first-order valence-corrected chi connectivity index (χ1v) is 8.87. The smallest absolute Gasteiger partial charge is 0.162 e. The molecule has 4 nitrogen and oxygen atoms in total. The molecule has 0 aliphatic carbocycles. The first-order valence-electron chi connectivity index (χ1n) is 8.87. The van der Waals surface area contributed by atoms with Crippen molar-refractivity contribution in [3.05, 3.63) is 89.2 Å². The van der Waals surface area contributed by atoms with E-state index in [4.69, 9.17) is 9.47 Å². The molecule has 0 saturated heterocycles. The van der Waals surface area contributed by atoms with Gasteiger partial charge in [-0.05, 0) is 47.4 Å². The van der Waals surface area contributed by atoms with Gasteiger partial charge in [0, 0.05) is 12.7 Å². The van der Waals surface area contributed by atoms with Crippen LogP contribution in [0.1, 0.15) is 28.4 Å². The van der Waals surface area contributed by atoms with Crippen LogP contribution >= 0.6 is 0 Å². The third-order valence-corrected chi connectivity index (χ3v) is 4.70. The van der Waals surface area contributed by atoms with E-state index in [1.807, 2.05) is 36.5 Å². The van der Waals surface area contributed by atoms with Gasteiger partial charge in [0.1, 0.15) is 6.61 Å². The highest BCUT2D eigenvalue weighted by Gasteiger charge is 2.24. The van der Waals surface area contributed by atoms with Crippen molar-refractivity contribution in [3.8, 4) is 11.5 Å². The van der Waals surface area contributed by atoms with Crippen molar-refractivity contribution in [2.75, 3.05) is 13.7 Å². The van der Waals surface area contributed by atoms with Crippen molar-refractivity contribution >= 4 is 0 Å². The fourth-order valence-electron chi connectivity index (χ4n) is 3.38. The molecule has 0 bridgehead atoms.